The second-order valence-electron chi connectivity index (χ2n) is 23.8. The molecule has 0 aromatic carbocycles. The molecule has 0 rings (SSSR count). The highest BCUT2D eigenvalue weighted by molar-refractivity contribution is 7.47. The van der Waals surface area contributed by atoms with Crippen LogP contribution in [-0.2, 0) is 32.7 Å². The van der Waals surface area contributed by atoms with E-state index >= 15 is 0 Å². The van der Waals surface area contributed by atoms with Crippen LogP contribution < -0.4 is 0 Å². The van der Waals surface area contributed by atoms with E-state index in [1.807, 2.05) is 21.1 Å². The van der Waals surface area contributed by atoms with Gasteiger partial charge in [-0.15, -0.1) is 0 Å². The standard InChI is InChI=1S/C72H128NO8P/c1-6-8-10-12-14-16-18-20-22-24-26-28-29-30-31-32-33-34-35-36-37-38-39-40-41-42-43-45-47-49-51-53-55-57-59-61-63-65-72(75)81-70(69-80-82(76,77)79-67-66-73(3,4)5)68-78-71(74)64-62-60-58-56-54-52-50-48-46-44-27-25-23-21-19-17-15-13-11-9-7-2/h8,10,14,16,20,22,26,28,30-31,33-34,36-37,39-40,70H,6-7,9,11-13,15,17-19,21,23-25,27,29,32,35,38,41-69H2,1-5H3/p+1/b10-8-,16-14-,22-20-,28-26-,31-30-,34-33-,37-36-,40-39-. The Morgan fingerprint density at radius 1 is 0.390 bits per heavy atom. The summed E-state index contributed by atoms with van der Waals surface area (Å²) in [6.07, 6.45) is 86.4. The van der Waals surface area contributed by atoms with E-state index in [9.17, 15) is 19.0 Å². The predicted octanol–water partition coefficient (Wildman–Crippen LogP) is 21.9. The fourth-order valence-electron chi connectivity index (χ4n) is 9.45. The minimum atomic E-state index is -4.39. The van der Waals surface area contributed by atoms with Crippen molar-refractivity contribution in [1.29, 1.82) is 0 Å². The highest BCUT2D eigenvalue weighted by atomic mass is 31.2. The summed E-state index contributed by atoms with van der Waals surface area (Å²) in [6, 6.07) is 0. The first-order valence-corrected chi connectivity index (χ1v) is 35.5. The number of allylic oxidation sites excluding steroid dienone is 16. The minimum absolute atomic E-state index is 0.0298. The van der Waals surface area contributed by atoms with Gasteiger partial charge in [-0.2, -0.15) is 0 Å². The van der Waals surface area contributed by atoms with Crippen LogP contribution in [0.3, 0.4) is 0 Å². The number of carbonyl (C=O) groups is 2. The van der Waals surface area contributed by atoms with Crippen molar-refractivity contribution in [3.05, 3.63) is 97.2 Å². The van der Waals surface area contributed by atoms with Gasteiger partial charge in [-0.05, 0) is 77.0 Å². The third-order valence-electron chi connectivity index (χ3n) is 14.6. The molecule has 0 aliphatic rings. The summed E-state index contributed by atoms with van der Waals surface area (Å²) in [5.41, 5.74) is 0. The molecule has 0 fully saturated rings. The van der Waals surface area contributed by atoms with E-state index in [2.05, 4.69) is 111 Å². The molecule has 0 aliphatic heterocycles. The molecule has 2 unspecified atom stereocenters. The highest BCUT2D eigenvalue weighted by Crippen LogP contribution is 2.43. The summed E-state index contributed by atoms with van der Waals surface area (Å²) in [7, 11) is 1.48. The van der Waals surface area contributed by atoms with E-state index in [0.717, 1.165) is 89.9 Å². The van der Waals surface area contributed by atoms with Crippen molar-refractivity contribution in [2.45, 2.75) is 302 Å². The fraction of sp³-hybridized carbons (Fsp3) is 0.750. The Morgan fingerprint density at radius 2 is 0.695 bits per heavy atom. The summed E-state index contributed by atoms with van der Waals surface area (Å²) < 4.78 is 34.7. The van der Waals surface area contributed by atoms with Gasteiger partial charge < -0.3 is 18.9 Å². The highest BCUT2D eigenvalue weighted by Gasteiger charge is 2.27. The van der Waals surface area contributed by atoms with Gasteiger partial charge in [-0.1, -0.05) is 304 Å². The Labute approximate surface area is 506 Å². The van der Waals surface area contributed by atoms with Crippen LogP contribution in [0.25, 0.3) is 0 Å². The maximum atomic E-state index is 12.9. The van der Waals surface area contributed by atoms with Crippen LogP contribution in [-0.4, -0.2) is 74.9 Å². The molecule has 0 aromatic rings. The van der Waals surface area contributed by atoms with Gasteiger partial charge in [0.05, 0.1) is 27.7 Å². The number of carbonyl (C=O) groups excluding carboxylic acids is 2. The molecular weight excluding hydrogens is 1040 g/mol. The van der Waals surface area contributed by atoms with Crippen LogP contribution >= 0.6 is 7.82 Å². The number of esters is 2. The molecule has 10 heteroatoms. The van der Waals surface area contributed by atoms with Crippen molar-refractivity contribution in [2.75, 3.05) is 47.5 Å². The molecule has 0 aromatic heterocycles. The fourth-order valence-corrected chi connectivity index (χ4v) is 10.2. The SMILES string of the molecule is CC/C=C\C/C=C\C/C=C\C/C=C\C/C=C\C/C=C\C/C=C\C/C=C\CCCCCCCCCCCCCCC(=O)OC(COC(=O)CCCCCCCCCCCCCCCCCCCCCCC)COP(=O)(O)OCC[N+](C)(C)C. The molecule has 0 bridgehead atoms. The summed E-state index contributed by atoms with van der Waals surface area (Å²) >= 11 is 0. The average Bonchev–Trinajstić information content (AvgIpc) is 3.46. The maximum absolute atomic E-state index is 12.9. The number of likely N-dealkylation sites (N-methyl/N-ethyl adjacent to an activating group) is 1. The number of hydrogen-bond donors (Lipinski definition) is 1. The number of quaternary nitrogens is 1. The molecule has 0 radical (unpaired) electrons. The Hall–Kier alpha value is -3.07. The lowest BCUT2D eigenvalue weighted by Gasteiger charge is -2.24. The third-order valence-corrected chi connectivity index (χ3v) is 15.6. The smallest absolute Gasteiger partial charge is 0.462 e. The molecule has 0 saturated carbocycles. The number of phosphoric ester groups is 1. The normalized spacial score (nSPS) is 13.8. The van der Waals surface area contributed by atoms with E-state index in [1.54, 1.807) is 0 Å². The van der Waals surface area contributed by atoms with Gasteiger partial charge >= 0.3 is 19.8 Å². The van der Waals surface area contributed by atoms with Gasteiger partial charge in [0, 0.05) is 12.8 Å². The molecule has 0 saturated heterocycles. The molecule has 0 aliphatic carbocycles. The minimum Gasteiger partial charge on any atom is -0.462 e. The Balaban J connectivity index is 4.06. The first-order chi connectivity index (χ1) is 40.0. The Morgan fingerprint density at radius 3 is 1.04 bits per heavy atom. The lowest BCUT2D eigenvalue weighted by Crippen LogP contribution is -2.37. The largest absolute Gasteiger partial charge is 0.472 e. The molecule has 1 N–H and O–H groups in total. The Kier molecular flexibility index (Phi) is 60.1. The topological polar surface area (TPSA) is 108 Å². The van der Waals surface area contributed by atoms with Crippen molar-refractivity contribution < 1.29 is 42.1 Å². The molecule has 9 nitrogen and oxygen atoms in total. The molecule has 0 amide bonds. The molecule has 474 valence electrons. The second kappa shape index (κ2) is 62.5. The molecule has 82 heavy (non-hydrogen) atoms. The summed E-state index contributed by atoms with van der Waals surface area (Å²) in [4.78, 5) is 35.8. The zero-order chi connectivity index (χ0) is 59.8. The van der Waals surface area contributed by atoms with Crippen LogP contribution in [0.15, 0.2) is 97.2 Å². The predicted molar refractivity (Wildman–Crippen MR) is 353 cm³/mol. The van der Waals surface area contributed by atoms with Crippen molar-refractivity contribution in [2.24, 2.45) is 0 Å². The van der Waals surface area contributed by atoms with Gasteiger partial charge in [0.25, 0.3) is 0 Å². The van der Waals surface area contributed by atoms with Gasteiger partial charge in [-0.3, -0.25) is 18.6 Å². The van der Waals surface area contributed by atoms with Crippen molar-refractivity contribution in [3.8, 4) is 0 Å². The number of phosphoric acid groups is 1. The molecular formula is C72H129NO8P+. The number of unbranched alkanes of at least 4 members (excludes halogenated alkanes) is 32. The first-order valence-electron chi connectivity index (χ1n) is 34.0. The van der Waals surface area contributed by atoms with Crippen LogP contribution in [0.1, 0.15) is 296 Å². The van der Waals surface area contributed by atoms with Gasteiger partial charge in [-0.25, -0.2) is 4.57 Å². The van der Waals surface area contributed by atoms with E-state index in [4.69, 9.17) is 18.5 Å². The first kappa shape index (κ1) is 78.9. The number of ether oxygens (including phenoxy) is 2. The number of nitrogens with zero attached hydrogens (tertiary/aromatic N) is 1. The number of hydrogen-bond acceptors (Lipinski definition) is 7. The maximum Gasteiger partial charge on any atom is 0.472 e. The molecule has 0 spiro atoms. The van der Waals surface area contributed by atoms with Gasteiger partial charge in [0.2, 0.25) is 0 Å². The summed E-state index contributed by atoms with van der Waals surface area (Å²) in [6.45, 7) is 4.35. The molecule has 0 heterocycles. The van der Waals surface area contributed by atoms with Crippen LogP contribution in [0.5, 0.6) is 0 Å². The average molecular weight is 1170 g/mol. The van der Waals surface area contributed by atoms with E-state index < -0.39 is 26.5 Å². The quantitative estimate of drug-likeness (QED) is 0.0211. The van der Waals surface area contributed by atoms with Crippen molar-refractivity contribution in [1.82, 2.24) is 0 Å². The second-order valence-corrected chi connectivity index (χ2v) is 25.3. The van der Waals surface area contributed by atoms with Crippen LogP contribution in [0, 0.1) is 0 Å². The lowest BCUT2D eigenvalue weighted by atomic mass is 10.0. The zero-order valence-electron chi connectivity index (χ0n) is 54.0. The van der Waals surface area contributed by atoms with E-state index in [0.29, 0.717) is 23.9 Å². The summed E-state index contributed by atoms with van der Waals surface area (Å²) in [5, 5.41) is 0. The lowest BCUT2D eigenvalue weighted by molar-refractivity contribution is -0.870. The van der Waals surface area contributed by atoms with E-state index in [1.165, 1.54) is 173 Å². The van der Waals surface area contributed by atoms with E-state index in [-0.39, 0.29) is 25.6 Å². The van der Waals surface area contributed by atoms with Crippen LogP contribution in [0.2, 0.25) is 0 Å². The van der Waals surface area contributed by atoms with Crippen LogP contribution in [0.4, 0.5) is 0 Å². The van der Waals surface area contributed by atoms with Crippen molar-refractivity contribution in [3.63, 3.8) is 0 Å². The Bertz CT molecular complexity index is 1710. The van der Waals surface area contributed by atoms with Gasteiger partial charge in [0.1, 0.15) is 19.8 Å². The molecule has 2 atom stereocenters. The zero-order valence-corrected chi connectivity index (χ0v) is 54.8. The van der Waals surface area contributed by atoms with Gasteiger partial charge in [0.15, 0.2) is 6.10 Å². The third kappa shape index (κ3) is 66.1. The summed E-state index contributed by atoms with van der Waals surface area (Å²) in [5.74, 6) is -0.790. The number of rotatable bonds is 62. The van der Waals surface area contributed by atoms with Crippen molar-refractivity contribution >= 4 is 19.8 Å². The monoisotopic (exact) mass is 1170 g/mol.